The number of likely N-dealkylation sites (tertiary alicyclic amines) is 1. The van der Waals surface area contributed by atoms with Crippen molar-refractivity contribution in [2.75, 3.05) is 18.1 Å². The van der Waals surface area contributed by atoms with Crippen LogP contribution in [-0.4, -0.2) is 47.1 Å². The van der Waals surface area contributed by atoms with Gasteiger partial charge in [0.15, 0.2) is 0 Å². The Balaban J connectivity index is 1.91. The first-order chi connectivity index (χ1) is 12.3. The number of benzene rings is 1. The van der Waals surface area contributed by atoms with Crippen LogP contribution in [0, 0.1) is 0 Å². The number of piperidine rings is 1. The normalized spacial score (nSPS) is 25.2. The number of para-hydroxylation sites is 1. The predicted octanol–water partition coefficient (Wildman–Crippen LogP) is 2.57. The van der Waals surface area contributed by atoms with Crippen molar-refractivity contribution in [3.63, 3.8) is 0 Å². The molecule has 1 aromatic carbocycles. The standard InChI is InChI=1S/C18H21F3N2O3/c19-18(20,21)13-6-1-2-7-14(13)23-16(25)11-15(17(23)26)22-9-4-3-5-12(22)8-10-24/h1-2,6-7,12,15,24H,3-5,8-11H2/t12-,15+/m1/s1. The predicted molar refractivity (Wildman–Crippen MR) is 88.4 cm³/mol. The molecule has 26 heavy (non-hydrogen) atoms. The number of nitrogens with zero attached hydrogens (tertiary/aromatic N) is 2. The van der Waals surface area contributed by atoms with E-state index in [0.29, 0.717) is 17.9 Å². The van der Waals surface area contributed by atoms with E-state index in [-0.39, 0.29) is 19.1 Å². The molecule has 2 atom stereocenters. The molecule has 1 aromatic rings. The smallest absolute Gasteiger partial charge is 0.396 e. The number of imide groups is 1. The number of aliphatic hydroxyl groups is 1. The number of carbonyl (C=O) groups is 2. The molecule has 0 spiro atoms. The number of rotatable bonds is 4. The minimum Gasteiger partial charge on any atom is -0.396 e. The second kappa shape index (κ2) is 7.36. The van der Waals surface area contributed by atoms with Crippen LogP contribution < -0.4 is 4.90 Å². The average Bonchev–Trinajstić information content (AvgIpc) is 2.89. The molecule has 5 nitrogen and oxygen atoms in total. The second-order valence-corrected chi connectivity index (χ2v) is 6.70. The van der Waals surface area contributed by atoms with E-state index in [1.165, 1.54) is 12.1 Å². The van der Waals surface area contributed by atoms with E-state index >= 15 is 0 Å². The van der Waals surface area contributed by atoms with E-state index in [4.69, 9.17) is 0 Å². The maximum Gasteiger partial charge on any atom is 0.418 e. The quantitative estimate of drug-likeness (QED) is 0.828. The Labute approximate surface area is 149 Å². The number of aliphatic hydroxyl groups excluding tert-OH is 1. The van der Waals surface area contributed by atoms with E-state index in [0.717, 1.165) is 31.4 Å². The van der Waals surface area contributed by atoms with Gasteiger partial charge in [0.2, 0.25) is 5.91 Å². The fourth-order valence-electron chi connectivity index (χ4n) is 3.93. The molecule has 1 N–H and O–H groups in total. The van der Waals surface area contributed by atoms with Crippen LogP contribution in [-0.2, 0) is 15.8 Å². The van der Waals surface area contributed by atoms with Gasteiger partial charge in [0, 0.05) is 12.6 Å². The fourth-order valence-corrected chi connectivity index (χ4v) is 3.93. The lowest BCUT2D eigenvalue weighted by Crippen LogP contribution is -2.50. The fraction of sp³-hybridized carbons (Fsp3) is 0.556. The van der Waals surface area contributed by atoms with Gasteiger partial charge < -0.3 is 5.11 Å². The highest BCUT2D eigenvalue weighted by Gasteiger charge is 2.47. The van der Waals surface area contributed by atoms with Crippen molar-refractivity contribution in [3.05, 3.63) is 29.8 Å². The minimum atomic E-state index is -4.65. The highest BCUT2D eigenvalue weighted by molar-refractivity contribution is 6.22. The lowest BCUT2D eigenvalue weighted by atomic mass is 9.97. The van der Waals surface area contributed by atoms with Gasteiger partial charge in [-0.05, 0) is 37.9 Å². The van der Waals surface area contributed by atoms with Crippen LogP contribution in [0.25, 0.3) is 0 Å². The van der Waals surface area contributed by atoms with Crippen LogP contribution >= 0.6 is 0 Å². The van der Waals surface area contributed by atoms with Crippen molar-refractivity contribution in [2.45, 2.75) is 50.4 Å². The van der Waals surface area contributed by atoms with Crippen molar-refractivity contribution in [2.24, 2.45) is 0 Å². The third kappa shape index (κ3) is 3.48. The first-order valence-electron chi connectivity index (χ1n) is 8.74. The number of anilines is 1. The number of halogens is 3. The third-order valence-corrected chi connectivity index (χ3v) is 5.11. The summed E-state index contributed by atoms with van der Waals surface area (Å²) in [4.78, 5) is 27.9. The maximum atomic E-state index is 13.3. The van der Waals surface area contributed by atoms with Gasteiger partial charge in [-0.15, -0.1) is 0 Å². The molecule has 2 heterocycles. The summed E-state index contributed by atoms with van der Waals surface area (Å²) in [6.45, 7) is 0.569. The summed E-state index contributed by atoms with van der Waals surface area (Å²) in [7, 11) is 0. The zero-order valence-corrected chi connectivity index (χ0v) is 14.2. The molecule has 0 radical (unpaired) electrons. The van der Waals surface area contributed by atoms with Crippen LogP contribution in [0.3, 0.4) is 0 Å². The molecule has 2 saturated heterocycles. The molecule has 0 saturated carbocycles. The number of hydrogen-bond acceptors (Lipinski definition) is 4. The van der Waals surface area contributed by atoms with Crippen molar-refractivity contribution < 1.29 is 27.9 Å². The topological polar surface area (TPSA) is 60.9 Å². The van der Waals surface area contributed by atoms with Gasteiger partial charge in [-0.25, -0.2) is 4.90 Å². The summed E-state index contributed by atoms with van der Waals surface area (Å²) in [6, 6.07) is 3.85. The summed E-state index contributed by atoms with van der Waals surface area (Å²) in [5.41, 5.74) is -1.40. The van der Waals surface area contributed by atoms with Crippen molar-refractivity contribution in [1.29, 1.82) is 0 Å². The molecule has 3 rings (SSSR count). The molecule has 142 valence electrons. The molecule has 8 heteroatoms. The number of carbonyl (C=O) groups excluding carboxylic acids is 2. The Morgan fingerprint density at radius 3 is 2.58 bits per heavy atom. The lowest BCUT2D eigenvalue weighted by molar-refractivity contribution is -0.137. The van der Waals surface area contributed by atoms with Gasteiger partial charge in [0.05, 0.1) is 23.7 Å². The molecule has 2 fully saturated rings. The zero-order chi connectivity index (χ0) is 18.9. The number of amides is 2. The van der Waals surface area contributed by atoms with Crippen LogP contribution in [0.5, 0.6) is 0 Å². The van der Waals surface area contributed by atoms with Crippen molar-refractivity contribution >= 4 is 17.5 Å². The molecular weight excluding hydrogens is 349 g/mol. The van der Waals surface area contributed by atoms with Crippen molar-refractivity contribution in [3.8, 4) is 0 Å². The summed E-state index contributed by atoms with van der Waals surface area (Å²) in [5.74, 6) is -1.23. The average molecular weight is 370 g/mol. The van der Waals surface area contributed by atoms with Gasteiger partial charge in [-0.3, -0.25) is 14.5 Å². The second-order valence-electron chi connectivity index (χ2n) is 6.70. The van der Waals surface area contributed by atoms with Gasteiger partial charge in [-0.1, -0.05) is 18.6 Å². The third-order valence-electron chi connectivity index (χ3n) is 5.11. The highest BCUT2D eigenvalue weighted by Crippen LogP contribution is 2.39. The van der Waals surface area contributed by atoms with Gasteiger partial charge >= 0.3 is 6.18 Å². The van der Waals surface area contributed by atoms with Crippen LogP contribution in [0.1, 0.15) is 37.7 Å². The zero-order valence-electron chi connectivity index (χ0n) is 14.2. The summed E-state index contributed by atoms with van der Waals surface area (Å²) in [5, 5.41) is 9.24. The first-order valence-corrected chi connectivity index (χ1v) is 8.74. The SMILES string of the molecule is O=C1C[C@H](N2CCCC[C@@H]2CCO)C(=O)N1c1ccccc1C(F)(F)F. The largest absolute Gasteiger partial charge is 0.418 e. The van der Waals surface area contributed by atoms with E-state index in [1.54, 1.807) is 0 Å². The van der Waals surface area contributed by atoms with Crippen LogP contribution in [0.15, 0.2) is 24.3 Å². The molecular formula is C18H21F3N2O3. The Kier molecular flexibility index (Phi) is 5.34. The minimum absolute atomic E-state index is 0.0311. The number of alkyl halides is 3. The molecule has 2 amide bonds. The molecule has 2 aliphatic heterocycles. The Morgan fingerprint density at radius 2 is 1.88 bits per heavy atom. The molecule has 0 aromatic heterocycles. The Bertz CT molecular complexity index is 691. The van der Waals surface area contributed by atoms with Gasteiger partial charge in [0.25, 0.3) is 5.91 Å². The summed E-state index contributed by atoms with van der Waals surface area (Å²) < 4.78 is 39.8. The number of hydrogen-bond donors (Lipinski definition) is 1. The first kappa shape index (κ1) is 18.8. The van der Waals surface area contributed by atoms with Gasteiger partial charge in [-0.2, -0.15) is 13.2 Å². The summed E-state index contributed by atoms with van der Waals surface area (Å²) in [6.07, 6.45) is -1.67. The molecule has 0 bridgehead atoms. The van der Waals surface area contributed by atoms with Crippen LogP contribution in [0.2, 0.25) is 0 Å². The van der Waals surface area contributed by atoms with E-state index in [9.17, 15) is 27.9 Å². The van der Waals surface area contributed by atoms with Gasteiger partial charge in [0.1, 0.15) is 0 Å². The van der Waals surface area contributed by atoms with E-state index < -0.39 is 35.3 Å². The van der Waals surface area contributed by atoms with Crippen molar-refractivity contribution in [1.82, 2.24) is 4.90 Å². The van der Waals surface area contributed by atoms with E-state index in [2.05, 4.69) is 0 Å². The molecule has 0 aliphatic carbocycles. The highest BCUT2D eigenvalue weighted by atomic mass is 19.4. The Morgan fingerprint density at radius 1 is 1.15 bits per heavy atom. The lowest BCUT2D eigenvalue weighted by Gasteiger charge is -2.38. The monoisotopic (exact) mass is 370 g/mol. The van der Waals surface area contributed by atoms with Crippen LogP contribution in [0.4, 0.5) is 18.9 Å². The molecule has 0 unspecified atom stereocenters. The maximum absolute atomic E-state index is 13.3. The Hall–Kier alpha value is -1.93. The molecule has 2 aliphatic rings. The van der Waals surface area contributed by atoms with E-state index in [1.807, 2.05) is 4.90 Å². The summed E-state index contributed by atoms with van der Waals surface area (Å²) >= 11 is 0.